The lowest BCUT2D eigenvalue weighted by Gasteiger charge is -2.36. The molecule has 3 aliphatic rings. The number of aryl methyl sites for hydroxylation is 1. The molecule has 0 unspecified atom stereocenters. The van der Waals surface area contributed by atoms with E-state index < -0.39 is 0 Å². The van der Waals surface area contributed by atoms with Gasteiger partial charge < -0.3 is 9.32 Å². The van der Waals surface area contributed by atoms with Gasteiger partial charge in [-0.05, 0) is 37.5 Å². The number of piperazine rings is 1. The first-order valence-corrected chi connectivity index (χ1v) is 8.31. The van der Waals surface area contributed by atoms with Gasteiger partial charge in [-0.2, -0.15) is 0 Å². The van der Waals surface area contributed by atoms with Gasteiger partial charge in [0.2, 0.25) is 5.76 Å². The highest BCUT2D eigenvalue weighted by Gasteiger charge is 2.37. The Bertz CT molecular complexity index is 586. The molecule has 1 amide bonds. The number of oxazole rings is 1. The fourth-order valence-electron chi connectivity index (χ4n) is 4.22. The molecule has 118 valence electrons. The van der Waals surface area contributed by atoms with Gasteiger partial charge in [0.05, 0.1) is 5.69 Å². The lowest BCUT2D eigenvalue weighted by molar-refractivity contribution is 0.0579. The van der Waals surface area contributed by atoms with E-state index >= 15 is 0 Å². The smallest absolute Gasteiger partial charge is 0.291 e. The summed E-state index contributed by atoms with van der Waals surface area (Å²) < 4.78 is 5.22. The summed E-state index contributed by atoms with van der Waals surface area (Å²) in [5, 5.41) is 0. The van der Waals surface area contributed by atoms with Crippen molar-refractivity contribution in [3.63, 3.8) is 0 Å². The third-order valence-corrected chi connectivity index (χ3v) is 5.51. The van der Waals surface area contributed by atoms with E-state index in [-0.39, 0.29) is 5.91 Å². The van der Waals surface area contributed by atoms with Gasteiger partial charge in [0.25, 0.3) is 5.91 Å². The zero-order valence-corrected chi connectivity index (χ0v) is 13.1. The second-order valence-electron chi connectivity index (χ2n) is 6.90. The second kappa shape index (κ2) is 5.54. The molecule has 1 aliphatic heterocycles. The van der Waals surface area contributed by atoms with Crippen LogP contribution in [0.3, 0.4) is 0 Å². The van der Waals surface area contributed by atoms with Crippen molar-refractivity contribution in [2.45, 2.75) is 19.8 Å². The van der Waals surface area contributed by atoms with E-state index in [4.69, 9.17) is 4.42 Å². The van der Waals surface area contributed by atoms with E-state index in [0.717, 1.165) is 43.9 Å². The van der Waals surface area contributed by atoms with Crippen molar-refractivity contribution in [2.24, 2.45) is 17.8 Å². The maximum Gasteiger partial charge on any atom is 0.291 e. The average Bonchev–Trinajstić information content (AvgIpc) is 3.24. The monoisotopic (exact) mass is 301 g/mol. The Morgan fingerprint density at radius 3 is 2.68 bits per heavy atom. The minimum Gasteiger partial charge on any atom is -0.438 e. The molecule has 4 rings (SSSR count). The van der Waals surface area contributed by atoms with Crippen molar-refractivity contribution in [3.05, 3.63) is 30.0 Å². The summed E-state index contributed by atoms with van der Waals surface area (Å²) in [6.07, 6.45) is 8.90. The summed E-state index contributed by atoms with van der Waals surface area (Å²) in [7, 11) is 0. The lowest BCUT2D eigenvalue weighted by Crippen LogP contribution is -2.50. The Balaban J connectivity index is 1.30. The van der Waals surface area contributed by atoms with E-state index in [1.807, 2.05) is 11.8 Å². The number of carbonyl (C=O) groups excluding carboxylic acids is 1. The van der Waals surface area contributed by atoms with Crippen LogP contribution in [0, 0.1) is 24.7 Å². The van der Waals surface area contributed by atoms with Crippen molar-refractivity contribution < 1.29 is 9.21 Å². The fraction of sp³-hybridized carbons (Fsp3) is 0.647. The highest BCUT2D eigenvalue weighted by Crippen LogP contribution is 2.43. The Morgan fingerprint density at radius 2 is 2.09 bits per heavy atom. The van der Waals surface area contributed by atoms with Crippen LogP contribution in [-0.4, -0.2) is 53.4 Å². The predicted octanol–water partition coefficient (Wildman–Crippen LogP) is 1.95. The molecule has 2 heterocycles. The molecule has 2 aliphatic carbocycles. The molecule has 0 radical (unpaired) electrons. The van der Waals surface area contributed by atoms with Crippen molar-refractivity contribution in [1.82, 2.24) is 14.8 Å². The number of nitrogens with zero attached hydrogens (tertiary/aromatic N) is 3. The van der Waals surface area contributed by atoms with Gasteiger partial charge in [-0.3, -0.25) is 9.69 Å². The fourth-order valence-corrected chi connectivity index (χ4v) is 4.22. The molecule has 2 fully saturated rings. The molecule has 3 atom stereocenters. The number of carbonyl (C=O) groups is 1. The summed E-state index contributed by atoms with van der Waals surface area (Å²) in [6, 6.07) is 0. The molecule has 2 bridgehead atoms. The standard InChI is InChI=1S/C17H23N3O2/c1-12-16(22-11-18-12)17(21)20-6-4-19(5-7-20)10-15-9-13-2-3-14(15)8-13/h2-3,11,13-15H,4-10H2,1H3/t13-,14+,15+/m1/s1. The molecule has 5 nitrogen and oxygen atoms in total. The highest BCUT2D eigenvalue weighted by atomic mass is 16.3. The molecule has 1 saturated heterocycles. The van der Waals surface area contributed by atoms with Crippen molar-refractivity contribution in [1.29, 1.82) is 0 Å². The summed E-state index contributed by atoms with van der Waals surface area (Å²) in [6.45, 7) is 6.52. The molecule has 1 saturated carbocycles. The number of hydrogen-bond acceptors (Lipinski definition) is 4. The highest BCUT2D eigenvalue weighted by molar-refractivity contribution is 5.92. The number of fused-ring (bicyclic) bond motifs is 2. The van der Waals surface area contributed by atoms with Gasteiger partial charge in [0.1, 0.15) is 0 Å². The summed E-state index contributed by atoms with van der Waals surface area (Å²) >= 11 is 0. The number of rotatable bonds is 3. The molecule has 0 aromatic carbocycles. The van der Waals surface area contributed by atoms with Gasteiger partial charge in [-0.1, -0.05) is 12.2 Å². The van der Waals surface area contributed by atoms with Crippen LogP contribution in [0.15, 0.2) is 23.0 Å². The molecule has 22 heavy (non-hydrogen) atoms. The van der Waals surface area contributed by atoms with Crippen LogP contribution in [0.4, 0.5) is 0 Å². The minimum absolute atomic E-state index is 0.0162. The molecule has 1 aromatic heterocycles. The third-order valence-electron chi connectivity index (χ3n) is 5.51. The summed E-state index contributed by atoms with van der Waals surface area (Å²) in [4.78, 5) is 20.8. The number of allylic oxidation sites excluding steroid dienone is 2. The molecule has 1 aromatic rings. The quantitative estimate of drug-likeness (QED) is 0.801. The maximum atomic E-state index is 12.4. The zero-order valence-electron chi connectivity index (χ0n) is 13.1. The Morgan fingerprint density at radius 1 is 1.27 bits per heavy atom. The SMILES string of the molecule is Cc1ncoc1C(=O)N1CCN(C[C@@H]2C[C@@H]3C=C[C@H]2C3)CC1. The number of aromatic nitrogens is 1. The third kappa shape index (κ3) is 2.47. The molecule has 0 spiro atoms. The summed E-state index contributed by atoms with van der Waals surface area (Å²) in [5.74, 6) is 2.85. The Hall–Kier alpha value is -1.62. The van der Waals surface area contributed by atoms with E-state index in [9.17, 15) is 4.79 Å². The average molecular weight is 301 g/mol. The second-order valence-corrected chi connectivity index (χ2v) is 6.90. The number of hydrogen-bond donors (Lipinski definition) is 0. The number of amides is 1. The Labute approximate surface area is 131 Å². The van der Waals surface area contributed by atoms with Gasteiger partial charge in [0, 0.05) is 32.7 Å². The van der Waals surface area contributed by atoms with Crippen molar-refractivity contribution in [2.75, 3.05) is 32.7 Å². The van der Waals surface area contributed by atoms with E-state index in [0.29, 0.717) is 11.5 Å². The first-order valence-electron chi connectivity index (χ1n) is 8.31. The van der Waals surface area contributed by atoms with E-state index in [1.54, 1.807) is 0 Å². The van der Waals surface area contributed by atoms with E-state index in [1.165, 1.54) is 25.8 Å². The van der Waals surface area contributed by atoms with Gasteiger partial charge in [0.15, 0.2) is 6.39 Å². The first kappa shape index (κ1) is 14.0. The molecular formula is C17H23N3O2. The minimum atomic E-state index is -0.0162. The summed E-state index contributed by atoms with van der Waals surface area (Å²) in [5.41, 5.74) is 0.682. The zero-order chi connectivity index (χ0) is 15.1. The topological polar surface area (TPSA) is 49.6 Å². The first-order chi connectivity index (χ1) is 10.7. The van der Waals surface area contributed by atoms with Crippen LogP contribution < -0.4 is 0 Å². The van der Waals surface area contributed by atoms with Gasteiger partial charge >= 0.3 is 0 Å². The van der Waals surface area contributed by atoms with Crippen LogP contribution >= 0.6 is 0 Å². The van der Waals surface area contributed by atoms with Crippen molar-refractivity contribution in [3.8, 4) is 0 Å². The largest absolute Gasteiger partial charge is 0.438 e. The van der Waals surface area contributed by atoms with Crippen LogP contribution in [0.2, 0.25) is 0 Å². The predicted molar refractivity (Wildman–Crippen MR) is 82.4 cm³/mol. The van der Waals surface area contributed by atoms with Crippen LogP contribution in [0.1, 0.15) is 29.1 Å². The molecule has 5 heteroatoms. The maximum absolute atomic E-state index is 12.4. The van der Waals surface area contributed by atoms with Crippen LogP contribution in [0.5, 0.6) is 0 Å². The van der Waals surface area contributed by atoms with Crippen LogP contribution in [-0.2, 0) is 0 Å². The van der Waals surface area contributed by atoms with Gasteiger partial charge in [-0.25, -0.2) is 4.98 Å². The van der Waals surface area contributed by atoms with Crippen molar-refractivity contribution >= 4 is 5.91 Å². The molecule has 0 N–H and O–H groups in total. The molecular weight excluding hydrogens is 278 g/mol. The Kier molecular flexibility index (Phi) is 3.53. The van der Waals surface area contributed by atoms with Crippen LogP contribution in [0.25, 0.3) is 0 Å². The van der Waals surface area contributed by atoms with E-state index in [2.05, 4.69) is 22.0 Å². The van der Waals surface area contributed by atoms with Gasteiger partial charge in [-0.15, -0.1) is 0 Å². The lowest BCUT2D eigenvalue weighted by atomic mass is 9.93. The normalized spacial score (nSPS) is 31.1.